The van der Waals surface area contributed by atoms with Crippen LogP contribution in [0.2, 0.25) is 0 Å². The average Bonchev–Trinajstić information content (AvgIpc) is 3.17. The number of rotatable bonds is 4. The van der Waals surface area contributed by atoms with E-state index < -0.39 is 5.97 Å². The van der Waals surface area contributed by atoms with Crippen LogP contribution in [-0.2, 0) is 11.3 Å². The Morgan fingerprint density at radius 3 is 2.46 bits per heavy atom. The van der Waals surface area contributed by atoms with Crippen molar-refractivity contribution in [2.45, 2.75) is 13.5 Å². The molecule has 128 valence electrons. The molecule has 0 saturated carbocycles. The molecule has 7 nitrogen and oxygen atoms in total. The van der Waals surface area contributed by atoms with E-state index in [1.54, 1.807) is 0 Å². The first-order valence-corrected chi connectivity index (χ1v) is 8.08. The van der Waals surface area contributed by atoms with Crippen LogP contribution in [0.4, 0.5) is 0 Å². The van der Waals surface area contributed by atoms with Gasteiger partial charge in [0.1, 0.15) is 6.61 Å². The fourth-order valence-electron chi connectivity index (χ4n) is 2.51. The van der Waals surface area contributed by atoms with Crippen LogP contribution >= 0.6 is 0 Å². The third-order valence-electron chi connectivity index (χ3n) is 3.87. The van der Waals surface area contributed by atoms with Crippen molar-refractivity contribution in [3.8, 4) is 5.69 Å². The van der Waals surface area contributed by atoms with Crippen molar-refractivity contribution in [3.05, 3.63) is 77.9 Å². The van der Waals surface area contributed by atoms with Crippen LogP contribution in [-0.4, -0.2) is 30.9 Å². The summed E-state index contributed by atoms with van der Waals surface area (Å²) in [6, 6.07) is 16.9. The third kappa shape index (κ3) is 3.14. The van der Waals surface area contributed by atoms with Crippen molar-refractivity contribution in [3.63, 3.8) is 0 Å². The molecule has 26 heavy (non-hydrogen) atoms. The largest absolute Gasteiger partial charge is 0.454 e. The van der Waals surface area contributed by atoms with Gasteiger partial charge in [-0.15, -0.1) is 5.10 Å². The molecular formula is C19H15N5O2. The van der Waals surface area contributed by atoms with E-state index in [4.69, 9.17) is 4.74 Å². The van der Waals surface area contributed by atoms with Crippen LogP contribution in [0.25, 0.3) is 16.7 Å². The lowest BCUT2D eigenvalue weighted by atomic mass is 10.2. The summed E-state index contributed by atoms with van der Waals surface area (Å²) in [6.45, 7) is 1.87. The van der Waals surface area contributed by atoms with Gasteiger partial charge in [-0.3, -0.25) is 0 Å². The Hall–Kier alpha value is -3.61. The van der Waals surface area contributed by atoms with Crippen molar-refractivity contribution in [2.75, 3.05) is 0 Å². The first kappa shape index (κ1) is 15.9. The molecule has 0 aliphatic rings. The number of aromatic nitrogens is 5. The molecule has 2 heterocycles. The van der Waals surface area contributed by atoms with Gasteiger partial charge in [-0.1, -0.05) is 30.3 Å². The second-order valence-corrected chi connectivity index (χ2v) is 5.68. The number of carbonyl (C=O) groups is 1. The van der Waals surface area contributed by atoms with Gasteiger partial charge in [-0.05, 0) is 31.2 Å². The Morgan fingerprint density at radius 2 is 1.69 bits per heavy atom. The van der Waals surface area contributed by atoms with E-state index in [1.807, 2.05) is 61.5 Å². The molecule has 0 aliphatic heterocycles. The number of para-hydroxylation sites is 3. The van der Waals surface area contributed by atoms with E-state index >= 15 is 0 Å². The van der Waals surface area contributed by atoms with E-state index in [2.05, 4.69) is 20.2 Å². The van der Waals surface area contributed by atoms with Crippen molar-refractivity contribution >= 4 is 17.0 Å². The Labute approximate surface area is 149 Å². The van der Waals surface area contributed by atoms with E-state index in [9.17, 15) is 4.79 Å². The number of hydrogen-bond acceptors (Lipinski definition) is 6. The van der Waals surface area contributed by atoms with Crippen molar-refractivity contribution in [1.82, 2.24) is 25.0 Å². The number of hydrogen-bond donors (Lipinski definition) is 0. The minimum atomic E-state index is -0.554. The second kappa shape index (κ2) is 6.72. The highest BCUT2D eigenvalue weighted by Gasteiger charge is 2.15. The van der Waals surface area contributed by atoms with Crippen LogP contribution < -0.4 is 0 Å². The van der Waals surface area contributed by atoms with Gasteiger partial charge in [-0.2, -0.15) is 9.90 Å². The molecule has 0 spiro atoms. The topological polar surface area (TPSA) is 82.8 Å². The van der Waals surface area contributed by atoms with Gasteiger partial charge in [0.15, 0.2) is 5.69 Å². The SMILES string of the molecule is Cc1nc2ccccc2nc1COC(=O)c1cnn(-c2ccccc2)n1. The van der Waals surface area contributed by atoms with Crippen LogP contribution in [0, 0.1) is 6.92 Å². The molecule has 0 atom stereocenters. The Balaban J connectivity index is 1.49. The summed E-state index contributed by atoms with van der Waals surface area (Å²) in [5.41, 5.74) is 3.82. The summed E-state index contributed by atoms with van der Waals surface area (Å²) < 4.78 is 5.34. The first-order valence-electron chi connectivity index (χ1n) is 8.08. The zero-order valence-corrected chi connectivity index (χ0v) is 14.0. The van der Waals surface area contributed by atoms with Crippen LogP contribution in [0.15, 0.2) is 60.8 Å². The van der Waals surface area contributed by atoms with E-state index in [-0.39, 0.29) is 12.3 Å². The number of nitrogens with zero attached hydrogens (tertiary/aromatic N) is 5. The fourth-order valence-corrected chi connectivity index (χ4v) is 2.51. The number of aryl methyl sites for hydroxylation is 1. The Bertz CT molecular complexity index is 1080. The summed E-state index contributed by atoms with van der Waals surface area (Å²) >= 11 is 0. The molecule has 0 N–H and O–H groups in total. The van der Waals surface area contributed by atoms with Gasteiger partial charge < -0.3 is 4.74 Å². The number of fused-ring (bicyclic) bond motifs is 1. The summed E-state index contributed by atoms with van der Waals surface area (Å²) in [6.07, 6.45) is 1.38. The maximum Gasteiger partial charge on any atom is 0.360 e. The zero-order valence-electron chi connectivity index (χ0n) is 14.0. The lowest BCUT2D eigenvalue weighted by Gasteiger charge is -2.07. The highest BCUT2D eigenvalue weighted by atomic mass is 16.5. The molecular weight excluding hydrogens is 330 g/mol. The average molecular weight is 345 g/mol. The monoisotopic (exact) mass is 345 g/mol. The molecule has 4 aromatic rings. The second-order valence-electron chi connectivity index (χ2n) is 5.68. The summed E-state index contributed by atoms with van der Waals surface area (Å²) in [5, 5.41) is 8.26. The quantitative estimate of drug-likeness (QED) is 0.529. The number of benzene rings is 2. The van der Waals surface area contributed by atoms with E-state index in [1.165, 1.54) is 11.0 Å². The standard InChI is InChI=1S/C19H15N5O2/c1-13-18(22-16-10-6-5-9-15(16)21-13)12-26-19(25)17-11-20-24(23-17)14-7-3-2-4-8-14/h2-11H,12H2,1H3. The summed E-state index contributed by atoms with van der Waals surface area (Å²) in [5.74, 6) is -0.554. The molecule has 0 unspecified atom stereocenters. The molecule has 0 aliphatic carbocycles. The third-order valence-corrected chi connectivity index (χ3v) is 3.87. The predicted octanol–water partition coefficient (Wildman–Crippen LogP) is 2.88. The van der Waals surface area contributed by atoms with Gasteiger partial charge in [0, 0.05) is 0 Å². The normalized spacial score (nSPS) is 10.8. The minimum absolute atomic E-state index is 0.0285. The van der Waals surface area contributed by atoms with Gasteiger partial charge in [0.05, 0.1) is 34.3 Å². The maximum atomic E-state index is 12.3. The fraction of sp³-hybridized carbons (Fsp3) is 0.105. The predicted molar refractivity (Wildman–Crippen MR) is 94.8 cm³/mol. The zero-order chi connectivity index (χ0) is 17.9. The molecule has 0 radical (unpaired) electrons. The molecule has 0 amide bonds. The molecule has 0 fully saturated rings. The first-order chi connectivity index (χ1) is 12.7. The molecule has 2 aromatic heterocycles. The lowest BCUT2D eigenvalue weighted by Crippen LogP contribution is -2.09. The number of ether oxygens (including phenoxy) is 1. The van der Waals surface area contributed by atoms with Crippen molar-refractivity contribution in [1.29, 1.82) is 0 Å². The molecule has 7 heteroatoms. The minimum Gasteiger partial charge on any atom is -0.454 e. The van der Waals surface area contributed by atoms with Gasteiger partial charge in [-0.25, -0.2) is 14.8 Å². The van der Waals surface area contributed by atoms with Crippen LogP contribution in [0.5, 0.6) is 0 Å². The molecule has 0 saturated heterocycles. The van der Waals surface area contributed by atoms with Crippen LogP contribution in [0.1, 0.15) is 21.9 Å². The Morgan fingerprint density at radius 1 is 1.00 bits per heavy atom. The van der Waals surface area contributed by atoms with E-state index in [0.717, 1.165) is 22.4 Å². The number of carbonyl (C=O) groups excluding carboxylic acids is 1. The molecule has 2 aromatic carbocycles. The summed E-state index contributed by atoms with van der Waals surface area (Å²) in [4.78, 5) is 22.6. The van der Waals surface area contributed by atoms with Crippen LogP contribution in [0.3, 0.4) is 0 Å². The highest BCUT2D eigenvalue weighted by molar-refractivity contribution is 5.86. The van der Waals surface area contributed by atoms with E-state index in [0.29, 0.717) is 5.69 Å². The maximum absolute atomic E-state index is 12.3. The summed E-state index contributed by atoms with van der Waals surface area (Å²) in [7, 11) is 0. The van der Waals surface area contributed by atoms with Gasteiger partial charge >= 0.3 is 5.97 Å². The Kier molecular flexibility index (Phi) is 4.10. The molecule has 0 bridgehead atoms. The molecule has 4 rings (SSSR count). The van der Waals surface area contributed by atoms with Crippen molar-refractivity contribution in [2.24, 2.45) is 0 Å². The number of esters is 1. The van der Waals surface area contributed by atoms with Gasteiger partial charge in [0.2, 0.25) is 0 Å². The van der Waals surface area contributed by atoms with Crippen molar-refractivity contribution < 1.29 is 9.53 Å². The highest BCUT2D eigenvalue weighted by Crippen LogP contribution is 2.13. The van der Waals surface area contributed by atoms with Gasteiger partial charge in [0.25, 0.3) is 0 Å². The lowest BCUT2D eigenvalue weighted by molar-refractivity contribution is 0.0459. The smallest absolute Gasteiger partial charge is 0.360 e.